The fourth-order valence-corrected chi connectivity index (χ4v) is 3.32. The molecule has 3 aromatic rings. The molecule has 0 unspecified atom stereocenters. The molecule has 0 saturated heterocycles. The third kappa shape index (κ3) is 2.50. The summed E-state index contributed by atoms with van der Waals surface area (Å²) in [6.07, 6.45) is 1.23. The molecule has 0 radical (unpaired) electrons. The van der Waals surface area contributed by atoms with Crippen molar-refractivity contribution in [3.63, 3.8) is 0 Å². The lowest BCUT2D eigenvalue weighted by molar-refractivity contribution is -0.115. The molecule has 0 spiro atoms. The number of aryl methyl sites for hydroxylation is 2. The number of anilines is 1. The zero-order valence-corrected chi connectivity index (χ0v) is 13.7. The largest absolute Gasteiger partial charge is 0.361 e. The van der Waals surface area contributed by atoms with Crippen LogP contribution in [-0.2, 0) is 17.6 Å². The molecule has 0 bridgehead atoms. The summed E-state index contributed by atoms with van der Waals surface area (Å²) >= 11 is 0. The maximum atomic E-state index is 12.3. The molecular formula is C20H18N2O2. The predicted octanol–water partition coefficient (Wildman–Crippen LogP) is 4.04. The van der Waals surface area contributed by atoms with Crippen molar-refractivity contribution >= 4 is 11.6 Å². The summed E-state index contributed by atoms with van der Waals surface area (Å²) in [7, 11) is 0. The summed E-state index contributed by atoms with van der Waals surface area (Å²) in [6, 6.07) is 14.5. The van der Waals surface area contributed by atoms with Gasteiger partial charge in [0.25, 0.3) is 0 Å². The number of aromatic nitrogens is 1. The first-order chi connectivity index (χ1) is 11.6. The number of nitrogens with one attached hydrogen (secondary N) is 1. The number of fused-ring (bicyclic) bond motifs is 3. The average Bonchev–Trinajstić information content (AvgIpc) is 3.09. The zero-order valence-electron chi connectivity index (χ0n) is 13.7. The van der Waals surface area contributed by atoms with Gasteiger partial charge in [-0.2, -0.15) is 0 Å². The van der Waals surface area contributed by atoms with Crippen LogP contribution in [0.5, 0.6) is 0 Å². The Morgan fingerprint density at radius 3 is 2.71 bits per heavy atom. The van der Waals surface area contributed by atoms with E-state index in [0.29, 0.717) is 5.76 Å². The van der Waals surface area contributed by atoms with Gasteiger partial charge in [-0.25, -0.2) is 0 Å². The molecule has 1 aliphatic rings. The number of rotatable bonds is 3. The van der Waals surface area contributed by atoms with Crippen molar-refractivity contribution < 1.29 is 9.32 Å². The van der Waals surface area contributed by atoms with Gasteiger partial charge in [-0.05, 0) is 54.7 Å². The van der Waals surface area contributed by atoms with Crippen molar-refractivity contribution in [3.05, 3.63) is 70.6 Å². The first-order valence-corrected chi connectivity index (χ1v) is 8.04. The van der Waals surface area contributed by atoms with Crippen molar-refractivity contribution in [2.75, 3.05) is 5.32 Å². The summed E-state index contributed by atoms with van der Waals surface area (Å²) in [5, 5.41) is 6.88. The van der Waals surface area contributed by atoms with Crippen molar-refractivity contribution in [1.82, 2.24) is 5.16 Å². The van der Waals surface area contributed by atoms with E-state index in [9.17, 15) is 4.79 Å². The molecule has 4 rings (SSSR count). The fraction of sp³-hybridized carbons (Fsp3) is 0.200. The number of carbonyl (C=O) groups is 1. The van der Waals surface area contributed by atoms with Crippen LogP contribution < -0.4 is 5.32 Å². The van der Waals surface area contributed by atoms with E-state index in [2.05, 4.69) is 46.9 Å². The molecule has 1 heterocycles. The molecule has 120 valence electrons. The number of carbonyl (C=O) groups excluding carboxylic acids is 1. The lowest BCUT2D eigenvalue weighted by Gasteiger charge is -2.08. The monoisotopic (exact) mass is 318 g/mol. The van der Waals surface area contributed by atoms with Crippen molar-refractivity contribution in [2.45, 2.75) is 26.7 Å². The van der Waals surface area contributed by atoms with Crippen LogP contribution in [0.2, 0.25) is 0 Å². The fourth-order valence-electron chi connectivity index (χ4n) is 3.32. The Labute approximate surface area is 140 Å². The third-order valence-corrected chi connectivity index (χ3v) is 4.60. The molecule has 0 atom stereocenters. The quantitative estimate of drug-likeness (QED) is 0.620. The molecule has 1 aromatic heterocycles. The molecular weight excluding hydrogens is 300 g/mol. The molecule has 0 fully saturated rings. The molecule has 4 nitrogen and oxygen atoms in total. The van der Waals surface area contributed by atoms with Crippen molar-refractivity contribution in [1.29, 1.82) is 0 Å². The first kappa shape index (κ1) is 14.7. The van der Waals surface area contributed by atoms with E-state index in [0.717, 1.165) is 23.4 Å². The smallest absolute Gasteiger partial charge is 0.228 e. The van der Waals surface area contributed by atoms with Crippen LogP contribution in [-0.4, -0.2) is 11.1 Å². The predicted molar refractivity (Wildman–Crippen MR) is 93.0 cm³/mol. The number of benzene rings is 2. The highest BCUT2D eigenvalue weighted by Gasteiger charge is 2.19. The topological polar surface area (TPSA) is 55.1 Å². The van der Waals surface area contributed by atoms with Crippen LogP contribution >= 0.6 is 0 Å². The van der Waals surface area contributed by atoms with Gasteiger partial charge in [0, 0.05) is 11.3 Å². The Balaban J connectivity index is 1.56. The maximum absolute atomic E-state index is 12.3. The number of hydrogen-bond donors (Lipinski definition) is 1. The molecule has 0 aliphatic heterocycles. The van der Waals surface area contributed by atoms with Gasteiger partial charge >= 0.3 is 0 Å². The van der Waals surface area contributed by atoms with Crippen LogP contribution in [0.25, 0.3) is 11.1 Å². The number of amides is 1. The average molecular weight is 318 g/mol. The minimum Gasteiger partial charge on any atom is -0.361 e. The molecule has 2 aromatic carbocycles. The van der Waals surface area contributed by atoms with E-state index in [1.165, 1.54) is 22.3 Å². The van der Waals surface area contributed by atoms with Gasteiger partial charge in [-0.3, -0.25) is 4.79 Å². The summed E-state index contributed by atoms with van der Waals surface area (Å²) in [5.74, 6) is 0.640. The number of nitrogens with zero attached hydrogens (tertiary/aromatic N) is 1. The minimum atomic E-state index is -0.0596. The molecule has 24 heavy (non-hydrogen) atoms. The highest BCUT2D eigenvalue weighted by Crippen LogP contribution is 2.37. The van der Waals surface area contributed by atoms with Crippen molar-refractivity contribution in [2.24, 2.45) is 0 Å². The molecule has 1 N–H and O–H groups in total. The Morgan fingerprint density at radius 2 is 1.92 bits per heavy atom. The normalized spacial score (nSPS) is 11.9. The van der Waals surface area contributed by atoms with E-state index in [4.69, 9.17) is 4.52 Å². The van der Waals surface area contributed by atoms with E-state index >= 15 is 0 Å². The lowest BCUT2D eigenvalue weighted by atomic mass is 10.1. The van der Waals surface area contributed by atoms with Gasteiger partial charge in [0.15, 0.2) is 0 Å². The lowest BCUT2D eigenvalue weighted by Crippen LogP contribution is -2.15. The number of hydrogen-bond acceptors (Lipinski definition) is 3. The van der Waals surface area contributed by atoms with Crippen LogP contribution in [0.1, 0.15) is 28.1 Å². The first-order valence-electron chi connectivity index (χ1n) is 8.04. The molecule has 4 heteroatoms. The second-order valence-corrected chi connectivity index (χ2v) is 6.23. The standard InChI is InChI=1S/C20H18N2O2/c1-12-18(13(2)24-22-12)11-20(23)21-16-8-7-15-9-14-5-3-4-6-17(14)19(15)10-16/h3-8,10H,9,11H2,1-2H3,(H,21,23). The zero-order chi connectivity index (χ0) is 16.7. The van der Waals surface area contributed by atoms with Crippen LogP contribution in [0.4, 0.5) is 5.69 Å². The highest BCUT2D eigenvalue weighted by molar-refractivity contribution is 5.93. The molecule has 0 saturated carbocycles. The Morgan fingerprint density at radius 1 is 1.12 bits per heavy atom. The van der Waals surface area contributed by atoms with Gasteiger partial charge < -0.3 is 9.84 Å². The van der Waals surface area contributed by atoms with E-state index in [-0.39, 0.29) is 12.3 Å². The summed E-state index contributed by atoms with van der Waals surface area (Å²) in [6.45, 7) is 3.68. The van der Waals surface area contributed by atoms with E-state index < -0.39 is 0 Å². The van der Waals surface area contributed by atoms with Gasteiger partial charge in [0.05, 0.1) is 12.1 Å². The van der Waals surface area contributed by atoms with E-state index in [1.54, 1.807) is 0 Å². The highest BCUT2D eigenvalue weighted by atomic mass is 16.5. The minimum absolute atomic E-state index is 0.0596. The van der Waals surface area contributed by atoms with Crippen molar-refractivity contribution in [3.8, 4) is 11.1 Å². The Bertz CT molecular complexity index is 921. The van der Waals surface area contributed by atoms with Gasteiger partial charge in [-0.1, -0.05) is 35.5 Å². The summed E-state index contributed by atoms with van der Waals surface area (Å²) in [4.78, 5) is 12.3. The Kier molecular flexibility index (Phi) is 3.45. The SMILES string of the molecule is Cc1noc(C)c1CC(=O)Nc1ccc2c(c1)-c1ccccc1C2. The second kappa shape index (κ2) is 5.64. The molecule has 1 amide bonds. The second-order valence-electron chi connectivity index (χ2n) is 6.23. The summed E-state index contributed by atoms with van der Waals surface area (Å²) < 4.78 is 5.12. The third-order valence-electron chi connectivity index (χ3n) is 4.60. The summed E-state index contributed by atoms with van der Waals surface area (Å²) in [5.41, 5.74) is 7.56. The maximum Gasteiger partial charge on any atom is 0.228 e. The van der Waals surface area contributed by atoms with Crippen LogP contribution in [0.3, 0.4) is 0 Å². The van der Waals surface area contributed by atoms with E-state index in [1.807, 2.05) is 19.9 Å². The Hall–Kier alpha value is -2.88. The van der Waals surface area contributed by atoms with Gasteiger partial charge in [-0.15, -0.1) is 0 Å². The van der Waals surface area contributed by atoms with Gasteiger partial charge in [0.2, 0.25) is 5.91 Å². The molecule has 1 aliphatic carbocycles. The van der Waals surface area contributed by atoms with Crippen LogP contribution in [0.15, 0.2) is 47.0 Å². The van der Waals surface area contributed by atoms with Crippen LogP contribution in [0, 0.1) is 13.8 Å². The van der Waals surface area contributed by atoms with Gasteiger partial charge in [0.1, 0.15) is 5.76 Å².